The largest absolute Gasteiger partial charge is 0.550 e. The zero-order chi connectivity index (χ0) is 19.8. The first kappa shape index (κ1) is 18.5. The van der Waals surface area contributed by atoms with Crippen molar-refractivity contribution in [1.29, 1.82) is 0 Å². The van der Waals surface area contributed by atoms with Crippen LogP contribution in [-0.2, 0) is 16.1 Å². The van der Waals surface area contributed by atoms with Gasteiger partial charge in [0.1, 0.15) is 0 Å². The predicted octanol–water partition coefficient (Wildman–Crippen LogP) is 1.30. The number of likely N-dealkylation sites (tertiary alicyclic amines) is 1. The van der Waals surface area contributed by atoms with Crippen LogP contribution in [0.5, 0.6) is 0 Å². The van der Waals surface area contributed by atoms with E-state index >= 15 is 0 Å². The molecule has 0 N–H and O–H groups in total. The van der Waals surface area contributed by atoms with E-state index < -0.39 is 5.97 Å². The predicted molar refractivity (Wildman–Crippen MR) is 103 cm³/mol. The van der Waals surface area contributed by atoms with Crippen molar-refractivity contribution in [2.24, 2.45) is 5.92 Å². The Hall–Kier alpha value is -2.89. The summed E-state index contributed by atoms with van der Waals surface area (Å²) in [7, 11) is 0. The van der Waals surface area contributed by atoms with Crippen LogP contribution in [0, 0.1) is 12.8 Å². The van der Waals surface area contributed by atoms with Crippen LogP contribution in [-0.4, -0.2) is 34.4 Å². The van der Waals surface area contributed by atoms with Crippen molar-refractivity contribution in [3.05, 3.63) is 58.0 Å². The van der Waals surface area contributed by atoms with Crippen LogP contribution in [0.3, 0.4) is 0 Å². The summed E-state index contributed by atoms with van der Waals surface area (Å²) in [6.45, 7) is 3.70. The van der Waals surface area contributed by atoms with Gasteiger partial charge in [0.05, 0.1) is 0 Å². The Kier molecular flexibility index (Phi) is 4.79. The number of aliphatic carboxylic acids is 1. The van der Waals surface area contributed by atoms with Crippen LogP contribution in [0.4, 0.5) is 0 Å². The van der Waals surface area contributed by atoms with Gasteiger partial charge in [-0.3, -0.25) is 9.59 Å². The molecule has 0 spiro atoms. The second-order valence-electron chi connectivity index (χ2n) is 7.87. The smallest absolute Gasteiger partial charge is 0.258 e. The molecule has 6 heteroatoms. The number of amides is 1. The number of hydrogen-bond acceptors (Lipinski definition) is 4. The van der Waals surface area contributed by atoms with E-state index in [4.69, 9.17) is 0 Å². The Balaban J connectivity index is 1.62. The molecule has 1 amide bonds. The maximum atomic E-state index is 13.2. The van der Waals surface area contributed by atoms with Gasteiger partial charge in [0.25, 0.3) is 5.56 Å². The highest BCUT2D eigenvalue weighted by atomic mass is 16.4. The molecule has 146 valence electrons. The summed E-state index contributed by atoms with van der Waals surface area (Å²) >= 11 is 0. The number of rotatable bonds is 4. The molecule has 4 rings (SSSR count). The van der Waals surface area contributed by atoms with Crippen molar-refractivity contribution in [2.75, 3.05) is 13.1 Å². The molecule has 0 aliphatic carbocycles. The van der Waals surface area contributed by atoms with Gasteiger partial charge in [-0.25, -0.2) is 0 Å². The van der Waals surface area contributed by atoms with Gasteiger partial charge in [-0.05, 0) is 48.9 Å². The van der Waals surface area contributed by atoms with E-state index in [0.29, 0.717) is 25.2 Å². The van der Waals surface area contributed by atoms with Crippen LogP contribution < -0.4 is 10.7 Å². The van der Waals surface area contributed by atoms with E-state index in [1.165, 1.54) is 0 Å². The molecule has 2 atom stereocenters. The molecule has 3 heterocycles. The molecule has 1 aromatic carbocycles. The van der Waals surface area contributed by atoms with Gasteiger partial charge in [-0.2, -0.15) is 0 Å². The highest BCUT2D eigenvalue weighted by Gasteiger charge is 2.36. The highest BCUT2D eigenvalue weighted by Crippen LogP contribution is 2.36. The molecule has 28 heavy (non-hydrogen) atoms. The van der Waals surface area contributed by atoms with Crippen molar-refractivity contribution in [1.82, 2.24) is 9.47 Å². The van der Waals surface area contributed by atoms with Gasteiger partial charge < -0.3 is 19.4 Å². The molecule has 2 bridgehead atoms. The summed E-state index contributed by atoms with van der Waals surface area (Å²) in [5, 5.41) is 10.6. The summed E-state index contributed by atoms with van der Waals surface area (Å²) < 4.78 is 1.88. The van der Waals surface area contributed by atoms with Gasteiger partial charge in [0.15, 0.2) is 0 Å². The van der Waals surface area contributed by atoms with Crippen molar-refractivity contribution in [2.45, 2.75) is 38.6 Å². The summed E-state index contributed by atoms with van der Waals surface area (Å²) in [6, 6.07) is 11.8. The molecule has 1 fully saturated rings. The van der Waals surface area contributed by atoms with E-state index in [9.17, 15) is 19.5 Å². The molecule has 0 saturated carbocycles. The molecule has 0 unspecified atom stereocenters. The monoisotopic (exact) mass is 379 g/mol. The summed E-state index contributed by atoms with van der Waals surface area (Å²) in [6.07, 6.45) is 0.675. The number of aryl methyl sites for hydroxylation is 1. The van der Waals surface area contributed by atoms with E-state index in [-0.39, 0.29) is 36.1 Å². The zero-order valence-corrected chi connectivity index (χ0v) is 15.9. The number of piperidine rings is 1. The summed E-state index contributed by atoms with van der Waals surface area (Å²) in [5.74, 6) is -1.03. The lowest BCUT2D eigenvalue weighted by atomic mass is 9.82. The lowest BCUT2D eigenvalue weighted by molar-refractivity contribution is -0.305. The lowest BCUT2D eigenvalue weighted by Gasteiger charge is -2.43. The number of carboxylic acids is 1. The van der Waals surface area contributed by atoms with Crippen molar-refractivity contribution in [3.8, 4) is 11.1 Å². The third-order valence-electron chi connectivity index (χ3n) is 5.94. The van der Waals surface area contributed by atoms with Crippen LogP contribution in [0.25, 0.3) is 11.1 Å². The van der Waals surface area contributed by atoms with Crippen LogP contribution in [0.1, 0.15) is 36.4 Å². The number of pyridine rings is 1. The number of hydrogen-bond donors (Lipinski definition) is 0. The molecule has 1 saturated heterocycles. The second-order valence-corrected chi connectivity index (χ2v) is 7.87. The molecule has 6 nitrogen and oxygen atoms in total. The van der Waals surface area contributed by atoms with Crippen molar-refractivity contribution < 1.29 is 14.7 Å². The number of benzene rings is 1. The molecule has 2 aliphatic rings. The number of aromatic nitrogens is 1. The van der Waals surface area contributed by atoms with Crippen LogP contribution in [0.15, 0.2) is 41.2 Å². The fraction of sp³-hybridized carbons (Fsp3) is 0.409. The zero-order valence-electron chi connectivity index (χ0n) is 15.9. The molecule has 1 aromatic heterocycles. The van der Waals surface area contributed by atoms with Gasteiger partial charge >= 0.3 is 0 Å². The normalized spacial score (nSPS) is 20.5. The van der Waals surface area contributed by atoms with E-state index in [2.05, 4.69) is 0 Å². The summed E-state index contributed by atoms with van der Waals surface area (Å²) in [4.78, 5) is 37.9. The first-order valence-electron chi connectivity index (χ1n) is 9.71. The fourth-order valence-corrected chi connectivity index (χ4v) is 4.60. The topological polar surface area (TPSA) is 82.4 Å². The van der Waals surface area contributed by atoms with E-state index in [1.807, 2.05) is 47.9 Å². The first-order valence-corrected chi connectivity index (χ1v) is 9.71. The van der Waals surface area contributed by atoms with Crippen molar-refractivity contribution >= 4 is 11.9 Å². The Morgan fingerprint density at radius 3 is 2.57 bits per heavy atom. The molecule has 0 radical (unpaired) electrons. The van der Waals surface area contributed by atoms with Gasteiger partial charge in [-0.15, -0.1) is 0 Å². The number of carbonyl (C=O) groups is 2. The third-order valence-corrected chi connectivity index (χ3v) is 5.94. The molecule has 2 aliphatic heterocycles. The number of fused-ring (bicyclic) bond motifs is 4. The van der Waals surface area contributed by atoms with E-state index in [1.54, 1.807) is 4.90 Å². The average Bonchev–Trinajstić information content (AvgIpc) is 2.67. The fourth-order valence-electron chi connectivity index (χ4n) is 4.60. The maximum absolute atomic E-state index is 13.2. The third kappa shape index (κ3) is 3.35. The highest BCUT2D eigenvalue weighted by molar-refractivity contribution is 5.80. The first-order chi connectivity index (χ1) is 13.4. The Labute approximate surface area is 163 Å². The molecular weight excluding hydrogens is 356 g/mol. The number of carboxylic acid groups (broad SMARTS) is 1. The quantitative estimate of drug-likeness (QED) is 0.802. The SMILES string of the molecule is Cc1ccccc1-c1ccc2n(c1=O)C[C@H]1C[C@@H]2CN(C(=O)CCC(=O)[O-])C1. The number of carbonyl (C=O) groups excluding carboxylic acids is 2. The average molecular weight is 379 g/mol. The van der Waals surface area contributed by atoms with Gasteiger partial charge in [0.2, 0.25) is 5.91 Å². The molecular formula is C22H23N2O4-. The minimum absolute atomic E-state index is 0.0261. The summed E-state index contributed by atoms with van der Waals surface area (Å²) in [5.41, 5.74) is 3.73. The molecule has 2 aromatic rings. The second kappa shape index (κ2) is 7.26. The van der Waals surface area contributed by atoms with Crippen LogP contribution in [0.2, 0.25) is 0 Å². The van der Waals surface area contributed by atoms with E-state index in [0.717, 1.165) is 23.2 Å². The minimum atomic E-state index is -1.20. The van der Waals surface area contributed by atoms with Gasteiger partial charge in [-0.1, -0.05) is 24.3 Å². The standard InChI is InChI=1S/C22H24N2O4/c1-14-4-2-3-5-17(14)18-6-7-19-16-10-15(12-24(19)22(18)28)11-23(13-16)20(25)8-9-21(26)27/h2-7,15-16H,8-13H2,1H3,(H,26,27)/p-1/t15-,16+/m0/s1. The number of nitrogens with zero attached hydrogens (tertiary/aromatic N) is 2. The lowest BCUT2D eigenvalue weighted by Crippen LogP contribution is -2.49. The van der Waals surface area contributed by atoms with Crippen LogP contribution >= 0.6 is 0 Å². The minimum Gasteiger partial charge on any atom is -0.550 e. The van der Waals surface area contributed by atoms with Gasteiger partial charge in [0, 0.05) is 49.2 Å². The Morgan fingerprint density at radius 2 is 1.82 bits per heavy atom. The Bertz CT molecular complexity index is 994. The van der Waals surface area contributed by atoms with Crippen molar-refractivity contribution in [3.63, 3.8) is 0 Å². The maximum Gasteiger partial charge on any atom is 0.258 e. The Morgan fingerprint density at radius 1 is 1.04 bits per heavy atom.